The molecule has 0 aliphatic heterocycles. The van der Waals surface area contributed by atoms with Crippen LogP contribution in [0.15, 0.2) is 0 Å². The lowest BCUT2D eigenvalue weighted by Gasteiger charge is -2.63. The van der Waals surface area contributed by atoms with Gasteiger partial charge in [-0.3, -0.25) is 9.59 Å². The zero-order chi connectivity index (χ0) is 39.9. The Bertz CT molecular complexity index is 1350. The highest BCUT2D eigenvalue weighted by molar-refractivity contribution is 5.66. The summed E-state index contributed by atoms with van der Waals surface area (Å²) >= 11 is 0. The fourth-order valence-corrected chi connectivity index (χ4v) is 17.9. The van der Waals surface area contributed by atoms with Crippen LogP contribution < -0.4 is 0 Å². The second-order valence-corrected chi connectivity index (χ2v) is 22.9. The van der Waals surface area contributed by atoms with Gasteiger partial charge in [-0.05, 0) is 208 Å². The predicted octanol–water partition coefficient (Wildman–Crippen LogP) is 9.93. The molecule has 8 nitrogen and oxygen atoms in total. The molecule has 14 unspecified atom stereocenters. The first-order valence-corrected chi connectivity index (χ1v) is 23.6. The lowest BCUT2D eigenvalue weighted by atomic mass is 9.43. The van der Waals surface area contributed by atoms with Crippen LogP contribution >= 0.6 is 0 Å². The van der Waals surface area contributed by atoms with E-state index in [0.717, 1.165) is 64.2 Å². The van der Waals surface area contributed by atoms with Gasteiger partial charge in [0.25, 0.3) is 0 Å². The molecule has 8 aliphatic carbocycles. The van der Waals surface area contributed by atoms with E-state index in [9.17, 15) is 30.0 Å². The number of carboxylic acids is 2. The summed E-state index contributed by atoms with van der Waals surface area (Å²) in [4.78, 5) is 37.1. The molecule has 0 spiro atoms. The van der Waals surface area contributed by atoms with E-state index in [1.807, 2.05) is 0 Å². The van der Waals surface area contributed by atoms with E-state index in [1.54, 1.807) is 0 Å². The third kappa shape index (κ3) is 6.85. The summed E-state index contributed by atoms with van der Waals surface area (Å²) in [6.45, 7) is 14.7. The average molecular weight is 783 g/mol. The Kier molecular flexibility index (Phi) is 11.4. The standard InChI is InChI=1S/C48H78O8/c1-27(7-13-43(51)52)33-9-11-35-31-25-41(39-23-29(49)15-19-47(39,5)37(31)17-21-45(33,35)3)55-56-42-26-32-36-12-10-34(28(2)8-14-44(53)54)46(36,4)22-18-38(32)48(6)20-16-30(50)24-40(42)48/h27-42,49-50H,7-26H2,1-6H3,(H,51,52)(H,53,54)/t27-,28-,29?,30?,31?,32?,33?,34?,35?,36?,37?,38?,39?,40?,41?,42?,45-,46-,47-,48-/m1/s1. The van der Waals surface area contributed by atoms with Crippen molar-refractivity contribution in [2.24, 2.45) is 92.7 Å². The van der Waals surface area contributed by atoms with Crippen molar-refractivity contribution in [1.29, 1.82) is 0 Å². The molecule has 318 valence electrons. The number of fused-ring (bicyclic) bond motifs is 10. The molecule has 0 heterocycles. The smallest absolute Gasteiger partial charge is 0.303 e. The van der Waals surface area contributed by atoms with Crippen LogP contribution in [-0.4, -0.2) is 56.8 Å². The number of hydrogen-bond acceptors (Lipinski definition) is 6. The van der Waals surface area contributed by atoms with E-state index in [0.29, 0.717) is 59.2 Å². The minimum absolute atomic E-state index is 0.0675. The van der Waals surface area contributed by atoms with Crippen LogP contribution in [0.1, 0.15) is 170 Å². The zero-order valence-corrected chi connectivity index (χ0v) is 35.8. The Balaban J connectivity index is 1.04. The molecule has 8 heteroatoms. The molecule has 0 amide bonds. The fraction of sp³-hybridized carbons (Fsp3) is 0.958. The Hall–Kier alpha value is -1.22. The Morgan fingerprint density at radius 2 is 0.875 bits per heavy atom. The Morgan fingerprint density at radius 3 is 1.25 bits per heavy atom. The first-order valence-electron chi connectivity index (χ1n) is 23.6. The number of aliphatic hydroxyl groups is 2. The molecule has 8 saturated carbocycles. The second kappa shape index (κ2) is 15.4. The van der Waals surface area contributed by atoms with Crippen LogP contribution in [0.25, 0.3) is 0 Å². The molecule has 56 heavy (non-hydrogen) atoms. The van der Waals surface area contributed by atoms with Gasteiger partial charge in [-0.2, -0.15) is 0 Å². The van der Waals surface area contributed by atoms with Crippen LogP contribution in [0.4, 0.5) is 0 Å². The lowest BCUT2D eigenvalue weighted by Crippen LogP contribution is -2.60. The molecular weight excluding hydrogens is 705 g/mol. The minimum Gasteiger partial charge on any atom is -0.481 e. The van der Waals surface area contributed by atoms with Crippen LogP contribution in [0, 0.1) is 92.7 Å². The first kappa shape index (κ1) is 41.5. The normalized spacial score (nSPS) is 52.0. The SMILES string of the molecule is C[C@H](CCC(=O)O)C1CCC2C3CC(OOC4CC5C(CC[C@@]6(C)C5CCC6[C@H](C)CCC(=O)O)[C@@]5(C)CCC(O)CC45)C4CC(O)CC[C@]4(C)C3CC[C@@]21C. The number of aliphatic carboxylic acids is 2. The molecule has 4 N–H and O–H groups in total. The maximum atomic E-state index is 11.5. The van der Waals surface area contributed by atoms with E-state index in [2.05, 4.69) is 41.5 Å². The summed E-state index contributed by atoms with van der Waals surface area (Å²) in [6, 6.07) is 0. The van der Waals surface area contributed by atoms with E-state index in [4.69, 9.17) is 9.78 Å². The summed E-state index contributed by atoms with van der Waals surface area (Å²) in [5, 5.41) is 41.3. The molecule has 8 rings (SSSR count). The number of aliphatic hydroxyl groups excluding tert-OH is 2. The maximum Gasteiger partial charge on any atom is 0.303 e. The van der Waals surface area contributed by atoms with Crippen molar-refractivity contribution < 1.29 is 39.8 Å². The van der Waals surface area contributed by atoms with Gasteiger partial charge in [-0.25, -0.2) is 9.78 Å². The molecule has 0 aromatic carbocycles. The van der Waals surface area contributed by atoms with Gasteiger partial charge in [-0.15, -0.1) is 0 Å². The van der Waals surface area contributed by atoms with Crippen LogP contribution in [0.3, 0.4) is 0 Å². The minimum atomic E-state index is -0.685. The maximum absolute atomic E-state index is 11.5. The second-order valence-electron chi connectivity index (χ2n) is 22.9. The number of rotatable bonds is 11. The predicted molar refractivity (Wildman–Crippen MR) is 215 cm³/mol. The van der Waals surface area contributed by atoms with Gasteiger partial charge in [-0.1, -0.05) is 41.5 Å². The monoisotopic (exact) mass is 783 g/mol. The number of hydrogen-bond donors (Lipinski definition) is 4. The molecule has 0 aromatic heterocycles. The van der Waals surface area contributed by atoms with Crippen molar-refractivity contribution >= 4 is 11.9 Å². The van der Waals surface area contributed by atoms with Crippen LogP contribution in [0.2, 0.25) is 0 Å². The molecule has 8 aliphatic rings. The number of carbonyl (C=O) groups is 2. The van der Waals surface area contributed by atoms with Crippen molar-refractivity contribution in [3.8, 4) is 0 Å². The van der Waals surface area contributed by atoms with Crippen molar-refractivity contribution in [1.82, 2.24) is 0 Å². The summed E-state index contributed by atoms with van der Waals surface area (Å²) < 4.78 is 0. The quantitative estimate of drug-likeness (QED) is 0.120. The highest BCUT2D eigenvalue weighted by atomic mass is 17.2. The molecule has 8 fully saturated rings. The summed E-state index contributed by atoms with van der Waals surface area (Å²) in [5.41, 5.74) is 0.634. The third-order valence-electron chi connectivity index (χ3n) is 20.7. The van der Waals surface area contributed by atoms with Gasteiger partial charge in [0.2, 0.25) is 0 Å². The van der Waals surface area contributed by atoms with Crippen molar-refractivity contribution in [3.63, 3.8) is 0 Å². The van der Waals surface area contributed by atoms with E-state index in [1.165, 1.54) is 51.4 Å². The van der Waals surface area contributed by atoms with Gasteiger partial charge >= 0.3 is 11.9 Å². The van der Waals surface area contributed by atoms with Crippen LogP contribution in [-0.2, 0) is 19.4 Å². The van der Waals surface area contributed by atoms with E-state index < -0.39 is 11.9 Å². The van der Waals surface area contributed by atoms with Crippen molar-refractivity contribution in [2.45, 2.75) is 194 Å². The first-order chi connectivity index (χ1) is 26.5. The van der Waals surface area contributed by atoms with Crippen molar-refractivity contribution in [3.05, 3.63) is 0 Å². The highest BCUT2D eigenvalue weighted by Crippen LogP contribution is 2.71. The highest BCUT2D eigenvalue weighted by Gasteiger charge is 2.65. The van der Waals surface area contributed by atoms with Crippen LogP contribution in [0.5, 0.6) is 0 Å². The van der Waals surface area contributed by atoms with Gasteiger partial charge < -0.3 is 20.4 Å². The molecule has 20 atom stereocenters. The molecular formula is C48H78O8. The molecule has 0 saturated heterocycles. The van der Waals surface area contributed by atoms with E-state index >= 15 is 0 Å². The summed E-state index contributed by atoms with van der Waals surface area (Å²) in [6.07, 6.45) is 18.3. The number of carboxylic acid groups (broad SMARTS) is 2. The average Bonchev–Trinajstić information content (AvgIpc) is 3.69. The van der Waals surface area contributed by atoms with Gasteiger partial charge in [0.05, 0.1) is 24.4 Å². The third-order valence-corrected chi connectivity index (χ3v) is 20.7. The molecule has 0 radical (unpaired) electrons. The Morgan fingerprint density at radius 1 is 0.518 bits per heavy atom. The van der Waals surface area contributed by atoms with Crippen molar-refractivity contribution in [2.75, 3.05) is 0 Å². The summed E-state index contributed by atoms with van der Waals surface area (Å²) in [5.74, 6) is 4.61. The summed E-state index contributed by atoms with van der Waals surface area (Å²) in [7, 11) is 0. The largest absolute Gasteiger partial charge is 0.481 e. The van der Waals surface area contributed by atoms with Gasteiger partial charge in [0.1, 0.15) is 0 Å². The lowest BCUT2D eigenvalue weighted by molar-refractivity contribution is -0.401. The zero-order valence-electron chi connectivity index (χ0n) is 35.8. The Labute approximate surface area is 338 Å². The molecule has 0 aromatic rings. The van der Waals surface area contributed by atoms with Gasteiger partial charge in [0, 0.05) is 12.8 Å². The topological polar surface area (TPSA) is 134 Å². The fourth-order valence-electron chi connectivity index (χ4n) is 17.9. The van der Waals surface area contributed by atoms with E-state index in [-0.39, 0.29) is 70.8 Å². The molecule has 0 bridgehead atoms. The van der Waals surface area contributed by atoms with Gasteiger partial charge in [0.15, 0.2) is 0 Å².